The summed E-state index contributed by atoms with van der Waals surface area (Å²) < 4.78 is 16.7. The van der Waals surface area contributed by atoms with Crippen molar-refractivity contribution < 1.29 is 23.5 Å². The molecule has 0 saturated carbocycles. The molecule has 33 heavy (non-hydrogen) atoms. The first-order valence-corrected chi connectivity index (χ1v) is 11.8. The average molecular weight is 484 g/mol. The van der Waals surface area contributed by atoms with Gasteiger partial charge in [0.1, 0.15) is 16.3 Å². The molecule has 4 aromatic rings. The molecule has 2 aromatic heterocycles. The predicted octanol–water partition coefficient (Wildman–Crippen LogP) is 5.00. The number of anilines is 1. The molecule has 0 aliphatic rings. The molecule has 2 aromatic carbocycles. The number of para-hydroxylation sites is 1. The maximum atomic E-state index is 13.2. The van der Waals surface area contributed by atoms with Gasteiger partial charge in [-0.2, -0.15) is 0 Å². The number of hydrogen-bond donors (Lipinski definition) is 1. The smallest absolute Gasteiger partial charge is 0.343 e. The lowest BCUT2D eigenvalue weighted by molar-refractivity contribution is -0.142. The number of aromatic nitrogens is 2. The Morgan fingerprint density at radius 3 is 2.70 bits per heavy atom. The number of rotatable bonds is 8. The summed E-state index contributed by atoms with van der Waals surface area (Å²) in [6.45, 7) is 3.56. The maximum absolute atomic E-state index is 13.2. The Kier molecular flexibility index (Phi) is 6.95. The second-order valence-electron chi connectivity index (χ2n) is 7.08. The van der Waals surface area contributed by atoms with E-state index in [0.717, 1.165) is 25.9 Å². The minimum Gasteiger partial charge on any atom is -0.482 e. The number of methoxy groups -OCH3 is 1. The number of ether oxygens (including phenoxy) is 2. The summed E-state index contributed by atoms with van der Waals surface area (Å²) in [4.78, 5) is 24.4. The van der Waals surface area contributed by atoms with Gasteiger partial charge in [0.15, 0.2) is 16.7 Å². The van der Waals surface area contributed by atoms with Gasteiger partial charge >= 0.3 is 5.97 Å². The second-order valence-corrected chi connectivity index (χ2v) is 9.48. The van der Waals surface area contributed by atoms with Crippen molar-refractivity contribution in [3.63, 3.8) is 0 Å². The van der Waals surface area contributed by atoms with E-state index in [1.807, 2.05) is 38.1 Å². The number of hydrogen-bond acceptors (Lipinski definition) is 9. The number of aryl methyl sites for hydroxylation is 2. The van der Waals surface area contributed by atoms with E-state index in [9.17, 15) is 9.59 Å². The zero-order chi connectivity index (χ0) is 23.4. The third-order valence-electron chi connectivity index (χ3n) is 4.78. The lowest BCUT2D eigenvalue weighted by Crippen LogP contribution is -2.14. The molecule has 0 atom stereocenters. The van der Waals surface area contributed by atoms with Crippen molar-refractivity contribution in [2.24, 2.45) is 0 Å². The number of carbonyl (C=O) groups excluding carboxylic acids is 2. The summed E-state index contributed by atoms with van der Waals surface area (Å²) in [7, 11) is 1.30. The lowest BCUT2D eigenvalue weighted by atomic mass is 10.1. The first-order valence-electron chi connectivity index (χ1n) is 9.99. The van der Waals surface area contributed by atoms with Crippen LogP contribution < -0.4 is 10.1 Å². The van der Waals surface area contributed by atoms with E-state index in [-0.39, 0.29) is 18.3 Å². The van der Waals surface area contributed by atoms with Gasteiger partial charge in [0.2, 0.25) is 0 Å². The molecule has 2 heterocycles. The monoisotopic (exact) mass is 483 g/mol. The molecule has 170 valence electrons. The van der Waals surface area contributed by atoms with Gasteiger partial charge in [-0.25, -0.2) is 4.79 Å². The van der Waals surface area contributed by atoms with E-state index >= 15 is 0 Å². The van der Waals surface area contributed by atoms with Crippen molar-refractivity contribution in [1.29, 1.82) is 0 Å². The SMILES string of the molecule is COC(=O)COc1ccc(NC(=O)c2oc3ccccc3c2CSc2nnc(C)s2)c(C)c1. The minimum absolute atomic E-state index is 0.185. The van der Waals surface area contributed by atoms with Gasteiger partial charge in [-0.3, -0.25) is 4.79 Å². The first-order chi connectivity index (χ1) is 15.9. The van der Waals surface area contributed by atoms with Crippen LogP contribution in [0.4, 0.5) is 5.69 Å². The number of carbonyl (C=O) groups is 2. The third kappa shape index (κ3) is 5.35. The highest BCUT2D eigenvalue weighted by Crippen LogP contribution is 2.33. The Bertz CT molecular complexity index is 1310. The van der Waals surface area contributed by atoms with Gasteiger partial charge in [-0.1, -0.05) is 41.3 Å². The van der Waals surface area contributed by atoms with Crippen LogP contribution in [0.3, 0.4) is 0 Å². The molecule has 0 aliphatic heterocycles. The number of nitrogens with zero attached hydrogens (tertiary/aromatic N) is 2. The summed E-state index contributed by atoms with van der Waals surface area (Å²) in [6, 6.07) is 12.7. The number of amides is 1. The second kappa shape index (κ2) is 10.1. The van der Waals surface area contributed by atoms with Gasteiger partial charge in [-0.05, 0) is 43.7 Å². The van der Waals surface area contributed by atoms with Crippen molar-refractivity contribution in [2.45, 2.75) is 23.9 Å². The zero-order valence-corrected chi connectivity index (χ0v) is 19.8. The van der Waals surface area contributed by atoms with Gasteiger partial charge in [0.25, 0.3) is 5.91 Å². The van der Waals surface area contributed by atoms with Crippen molar-refractivity contribution >= 4 is 51.6 Å². The molecule has 4 rings (SSSR count). The molecular formula is C23H21N3O5S2. The Morgan fingerprint density at radius 2 is 1.97 bits per heavy atom. The van der Waals surface area contributed by atoms with Crippen molar-refractivity contribution in [2.75, 3.05) is 19.0 Å². The largest absolute Gasteiger partial charge is 0.482 e. The van der Waals surface area contributed by atoms with E-state index in [1.165, 1.54) is 30.2 Å². The van der Waals surface area contributed by atoms with Crippen LogP contribution >= 0.6 is 23.1 Å². The Hall–Kier alpha value is -3.37. The van der Waals surface area contributed by atoms with Gasteiger partial charge < -0.3 is 19.2 Å². The van der Waals surface area contributed by atoms with Crippen LogP contribution in [0, 0.1) is 13.8 Å². The van der Waals surface area contributed by atoms with Gasteiger partial charge in [-0.15, -0.1) is 10.2 Å². The standard InChI is InChI=1S/C23H21N3O5S2/c1-13-10-15(30-11-20(27)29-3)8-9-18(13)24-22(28)21-17(12-32-23-26-25-14(2)33-23)16-6-4-5-7-19(16)31-21/h4-10H,11-12H2,1-3H3,(H,24,28). The third-order valence-corrected chi connectivity index (χ3v) is 6.78. The fourth-order valence-corrected chi connectivity index (χ4v) is 4.99. The number of benzene rings is 2. The maximum Gasteiger partial charge on any atom is 0.343 e. The summed E-state index contributed by atoms with van der Waals surface area (Å²) in [5, 5.41) is 12.9. The molecule has 0 spiro atoms. The predicted molar refractivity (Wildman–Crippen MR) is 127 cm³/mol. The minimum atomic E-state index is -0.469. The summed E-state index contributed by atoms with van der Waals surface area (Å²) in [5.74, 6) is 0.471. The Balaban J connectivity index is 1.54. The normalized spacial score (nSPS) is 10.9. The molecule has 0 fully saturated rings. The number of furan rings is 1. The summed E-state index contributed by atoms with van der Waals surface area (Å²) >= 11 is 3.03. The highest BCUT2D eigenvalue weighted by molar-refractivity contribution is 8.00. The molecular weight excluding hydrogens is 462 g/mol. The lowest BCUT2D eigenvalue weighted by Gasteiger charge is -2.11. The van der Waals surface area contributed by atoms with Crippen molar-refractivity contribution in [3.05, 3.63) is 64.4 Å². The van der Waals surface area contributed by atoms with Crippen LogP contribution in [-0.4, -0.2) is 35.8 Å². The van der Waals surface area contributed by atoms with Crippen LogP contribution in [-0.2, 0) is 15.3 Å². The number of nitrogens with one attached hydrogen (secondary N) is 1. The fourth-order valence-electron chi connectivity index (χ4n) is 3.14. The van der Waals surface area contributed by atoms with Gasteiger partial charge in [0.05, 0.1) is 7.11 Å². The van der Waals surface area contributed by atoms with Crippen LogP contribution in [0.5, 0.6) is 5.75 Å². The number of fused-ring (bicyclic) bond motifs is 1. The van der Waals surface area contributed by atoms with Gasteiger partial charge in [0, 0.05) is 22.4 Å². The molecule has 1 N–H and O–H groups in total. The highest BCUT2D eigenvalue weighted by atomic mass is 32.2. The van der Waals surface area contributed by atoms with Crippen LogP contribution in [0.25, 0.3) is 11.0 Å². The first kappa shape index (κ1) is 22.8. The Morgan fingerprint density at radius 1 is 1.15 bits per heavy atom. The fraction of sp³-hybridized carbons (Fsp3) is 0.217. The quantitative estimate of drug-likeness (QED) is 0.276. The number of thioether (sulfide) groups is 1. The molecule has 10 heteroatoms. The number of esters is 1. The Labute approximate surface area is 198 Å². The average Bonchev–Trinajstić information content (AvgIpc) is 3.40. The summed E-state index contributed by atoms with van der Waals surface area (Å²) in [6.07, 6.45) is 0. The van der Waals surface area contributed by atoms with E-state index in [2.05, 4.69) is 20.3 Å². The van der Waals surface area contributed by atoms with E-state index < -0.39 is 5.97 Å². The summed E-state index contributed by atoms with van der Waals surface area (Å²) in [5.41, 5.74) is 2.85. The van der Waals surface area contributed by atoms with Crippen LogP contribution in [0.2, 0.25) is 0 Å². The molecule has 1 amide bonds. The molecule has 0 saturated heterocycles. The van der Waals surface area contributed by atoms with Crippen LogP contribution in [0.1, 0.15) is 26.7 Å². The van der Waals surface area contributed by atoms with E-state index in [1.54, 1.807) is 18.2 Å². The molecule has 0 bridgehead atoms. The van der Waals surface area contributed by atoms with E-state index in [0.29, 0.717) is 22.8 Å². The topological polar surface area (TPSA) is 104 Å². The van der Waals surface area contributed by atoms with Crippen LogP contribution in [0.15, 0.2) is 51.2 Å². The highest BCUT2D eigenvalue weighted by Gasteiger charge is 2.22. The molecule has 0 unspecified atom stereocenters. The zero-order valence-electron chi connectivity index (χ0n) is 18.2. The molecule has 0 aliphatic carbocycles. The van der Waals surface area contributed by atoms with Crippen molar-refractivity contribution in [1.82, 2.24) is 10.2 Å². The molecule has 8 nitrogen and oxygen atoms in total. The molecule has 0 radical (unpaired) electrons. The van der Waals surface area contributed by atoms with Crippen molar-refractivity contribution in [3.8, 4) is 5.75 Å². The van der Waals surface area contributed by atoms with E-state index in [4.69, 9.17) is 9.15 Å².